The molecule has 0 bridgehead atoms. The molecule has 2 heterocycles. The molecular formula is C17H18ClN3O4. The zero-order valence-corrected chi connectivity index (χ0v) is 14.4. The van der Waals surface area contributed by atoms with E-state index in [1.807, 2.05) is 4.90 Å². The minimum atomic E-state index is -0.561. The lowest BCUT2D eigenvalue weighted by atomic mass is 10.1. The highest BCUT2D eigenvalue weighted by atomic mass is 35.5. The van der Waals surface area contributed by atoms with E-state index < -0.39 is 11.5 Å². The molecule has 7 nitrogen and oxygen atoms in total. The molecule has 2 aromatic rings. The van der Waals surface area contributed by atoms with Gasteiger partial charge >= 0.3 is 5.97 Å². The van der Waals surface area contributed by atoms with Gasteiger partial charge in [-0.05, 0) is 25.0 Å². The van der Waals surface area contributed by atoms with Crippen molar-refractivity contribution >= 4 is 23.3 Å². The molecule has 3 rings (SSSR count). The fourth-order valence-electron chi connectivity index (χ4n) is 2.86. The number of carbonyl (C=O) groups is 1. The third-order valence-electron chi connectivity index (χ3n) is 4.24. The number of halogens is 1. The molecule has 25 heavy (non-hydrogen) atoms. The maximum Gasteiger partial charge on any atom is 0.340 e. The van der Waals surface area contributed by atoms with E-state index in [1.54, 1.807) is 24.3 Å². The molecule has 1 aliphatic rings. The van der Waals surface area contributed by atoms with Gasteiger partial charge in [-0.1, -0.05) is 23.7 Å². The average Bonchev–Trinajstić information content (AvgIpc) is 2.64. The molecule has 0 saturated carbocycles. The maximum absolute atomic E-state index is 12.7. The van der Waals surface area contributed by atoms with E-state index in [2.05, 4.69) is 5.10 Å². The van der Waals surface area contributed by atoms with Gasteiger partial charge in [-0.15, -0.1) is 0 Å². The van der Waals surface area contributed by atoms with Crippen LogP contribution in [0.5, 0.6) is 0 Å². The number of rotatable bonds is 3. The quantitative estimate of drug-likeness (QED) is 0.834. The SMILES string of the molecule is COC(=O)c1ccccc1-n1ncc(N2CCC(O)CC2)c(Cl)c1=O. The molecule has 1 fully saturated rings. The van der Waals surface area contributed by atoms with Gasteiger partial charge < -0.3 is 14.7 Å². The van der Waals surface area contributed by atoms with Gasteiger partial charge in [-0.25, -0.2) is 4.79 Å². The second kappa shape index (κ2) is 7.25. The highest BCUT2D eigenvalue weighted by Crippen LogP contribution is 2.25. The Balaban J connectivity index is 2.02. The van der Waals surface area contributed by atoms with Gasteiger partial charge in [-0.2, -0.15) is 9.78 Å². The van der Waals surface area contributed by atoms with Crippen LogP contribution in [0.1, 0.15) is 23.2 Å². The second-order valence-electron chi connectivity index (χ2n) is 5.79. The summed E-state index contributed by atoms with van der Waals surface area (Å²) in [4.78, 5) is 26.5. The van der Waals surface area contributed by atoms with Crippen LogP contribution in [0.4, 0.5) is 5.69 Å². The number of hydrogen-bond donors (Lipinski definition) is 1. The van der Waals surface area contributed by atoms with Crippen LogP contribution in [0.15, 0.2) is 35.3 Å². The molecule has 0 radical (unpaired) electrons. The van der Waals surface area contributed by atoms with Crippen LogP contribution in [0.3, 0.4) is 0 Å². The van der Waals surface area contributed by atoms with Crippen molar-refractivity contribution in [2.24, 2.45) is 0 Å². The predicted molar refractivity (Wildman–Crippen MR) is 93.6 cm³/mol. The largest absolute Gasteiger partial charge is 0.465 e. The fourth-order valence-corrected chi connectivity index (χ4v) is 3.11. The van der Waals surface area contributed by atoms with Crippen LogP contribution in [0, 0.1) is 0 Å². The number of aliphatic hydroxyl groups excluding tert-OH is 1. The Morgan fingerprint density at radius 2 is 1.96 bits per heavy atom. The fraction of sp³-hybridized carbons (Fsp3) is 0.353. The Bertz CT molecular complexity index is 844. The zero-order chi connectivity index (χ0) is 18.0. The Labute approximate surface area is 149 Å². The standard InChI is InChI=1S/C17H18ClN3O4/c1-25-17(24)12-4-2-3-5-13(12)21-16(23)15(18)14(10-19-21)20-8-6-11(22)7-9-20/h2-5,10-11,22H,6-9H2,1H3. The summed E-state index contributed by atoms with van der Waals surface area (Å²) < 4.78 is 5.84. The molecule has 0 unspecified atom stereocenters. The van der Waals surface area contributed by atoms with Crippen molar-refractivity contribution in [3.8, 4) is 5.69 Å². The number of hydrogen-bond acceptors (Lipinski definition) is 6. The van der Waals surface area contributed by atoms with Gasteiger partial charge in [0.05, 0.1) is 36.3 Å². The highest BCUT2D eigenvalue weighted by Gasteiger charge is 2.23. The lowest BCUT2D eigenvalue weighted by molar-refractivity contribution is 0.0600. The summed E-state index contributed by atoms with van der Waals surface area (Å²) in [6.07, 6.45) is 2.42. The molecule has 1 aromatic heterocycles. The number of benzene rings is 1. The van der Waals surface area contributed by atoms with Crippen molar-refractivity contribution in [1.29, 1.82) is 0 Å². The van der Waals surface area contributed by atoms with Crippen molar-refractivity contribution in [3.63, 3.8) is 0 Å². The first-order chi connectivity index (χ1) is 12.0. The third-order valence-corrected chi connectivity index (χ3v) is 4.60. The minimum absolute atomic E-state index is 0.0334. The smallest absolute Gasteiger partial charge is 0.340 e. The summed E-state index contributed by atoms with van der Waals surface area (Å²) in [5.41, 5.74) is 0.554. The molecule has 0 spiro atoms. The van der Waals surface area contributed by atoms with E-state index in [9.17, 15) is 14.7 Å². The van der Waals surface area contributed by atoms with Gasteiger partial charge in [0.2, 0.25) is 0 Å². The first-order valence-corrected chi connectivity index (χ1v) is 8.29. The normalized spacial score (nSPS) is 15.2. The summed E-state index contributed by atoms with van der Waals surface area (Å²) in [6.45, 7) is 1.20. The second-order valence-corrected chi connectivity index (χ2v) is 6.17. The summed E-state index contributed by atoms with van der Waals surface area (Å²) in [5, 5.41) is 13.8. The van der Waals surface area contributed by atoms with Crippen LogP contribution >= 0.6 is 11.6 Å². The van der Waals surface area contributed by atoms with Crippen molar-refractivity contribution in [2.75, 3.05) is 25.1 Å². The number of ether oxygens (including phenoxy) is 1. The molecule has 0 atom stereocenters. The summed E-state index contributed by atoms with van der Waals surface area (Å²) >= 11 is 6.29. The van der Waals surface area contributed by atoms with Gasteiger partial charge in [0.1, 0.15) is 5.02 Å². The van der Waals surface area contributed by atoms with Gasteiger partial charge in [0.25, 0.3) is 5.56 Å². The van der Waals surface area contributed by atoms with E-state index in [4.69, 9.17) is 16.3 Å². The summed E-state index contributed by atoms with van der Waals surface area (Å²) in [5.74, 6) is -0.561. The van der Waals surface area contributed by atoms with Crippen LogP contribution < -0.4 is 10.5 Å². The first kappa shape index (κ1) is 17.4. The molecular weight excluding hydrogens is 346 g/mol. The highest BCUT2D eigenvalue weighted by molar-refractivity contribution is 6.33. The van der Waals surface area contributed by atoms with Crippen molar-refractivity contribution < 1.29 is 14.6 Å². The number of aliphatic hydroxyl groups is 1. The van der Waals surface area contributed by atoms with E-state index >= 15 is 0 Å². The van der Waals surface area contributed by atoms with Crippen LogP contribution in [0.2, 0.25) is 5.02 Å². The van der Waals surface area contributed by atoms with Crippen molar-refractivity contribution in [2.45, 2.75) is 18.9 Å². The third kappa shape index (κ3) is 3.38. The Kier molecular flexibility index (Phi) is 5.06. The van der Waals surface area contributed by atoms with Crippen LogP contribution in [-0.2, 0) is 4.74 Å². The lowest BCUT2D eigenvalue weighted by Gasteiger charge is -2.31. The molecule has 0 aliphatic carbocycles. The molecule has 1 N–H and O–H groups in total. The van der Waals surface area contributed by atoms with E-state index in [-0.39, 0.29) is 16.7 Å². The number of piperidine rings is 1. The summed E-state index contributed by atoms with van der Waals surface area (Å²) in [6, 6.07) is 6.54. The van der Waals surface area contributed by atoms with Gasteiger partial charge in [-0.3, -0.25) is 4.79 Å². The number of carbonyl (C=O) groups excluding carboxylic acids is 1. The van der Waals surface area contributed by atoms with Gasteiger partial charge in [0, 0.05) is 13.1 Å². The topological polar surface area (TPSA) is 84.7 Å². The number of nitrogens with zero attached hydrogens (tertiary/aromatic N) is 3. The van der Waals surface area contributed by atoms with Crippen LogP contribution in [-0.4, -0.2) is 47.2 Å². The van der Waals surface area contributed by atoms with Crippen LogP contribution in [0.25, 0.3) is 5.69 Å². The average molecular weight is 364 g/mol. The molecule has 1 saturated heterocycles. The summed E-state index contributed by atoms with van der Waals surface area (Å²) in [7, 11) is 1.27. The number of para-hydroxylation sites is 1. The molecule has 1 aliphatic heterocycles. The molecule has 132 valence electrons. The van der Waals surface area contributed by atoms with Gasteiger partial charge in [0.15, 0.2) is 0 Å². The number of esters is 1. The Morgan fingerprint density at radius 3 is 2.64 bits per heavy atom. The van der Waals surface area contributed by atoms with E-state index in [0.717, 1.165) is 4.68 Å². The molecule has 0 amide bonds. The molecule has 8 heteroatoms. The Hall–Kier alpha value is -2.38. The lowest BCUT2D eigenvalue weighted by Crippen LogP contribution is -2.37. The minimum Gasteiger partial charge on any atom is -0.465 e. The Morgan fingerprint density at radius 1 is 1.28 bits per heavy atom. The maximum atomic E-state index is 12.7. The van der Waals surface area contributed by atoms with E-state index in [0.29, 0.717) is 37.3 Å². The number of aromatic nitrogens is 2. The van der Waals surface area contributed by atoms with E-state index in [1.165, 1.54) is 13.3 Å². The first-order valence-electron chi connectivity index (χ1n) is 7.91. The van der Waals surface area contributed by atoms with Crippen molar-refractivity contribution in [3.05, 3.63) is 51.4 Å². The number of methoxy groups -OCH3 is 1. The van der Waals surface area contributed by atoms with Crippen molar-refractivity contribution in [1.82, 2.24) is 9.78 Å². The zero-order valence-electron chi connectivity index (χ0n) is 13.7. The monoisotopic (exact) mass is 363 g/mol. The number of anilines is 1. The molecule has 1 aromatic carbocycles. The predicted octanol–water partition coefficient (Wildman–Crippen LogP) is 1.63.